The molecule has 4 aliphatic carbocycles. The topological polar surface area (TPSA) is 67.2 Å². The number of allylic oxidation sites excluding steroid dienone is 1. The minimum Gasteiger partial charge on any atom is -0.259 e. The van der Waals surface area contributed by atoms with Gasteiger partial charge in [0.1, 0.15) is 5.60 Å². The molecule has 4 nitrogen and oxygen atoms in total. The normalized spacial score (nSPS) is 44.2. The highest BCUT2D eigenvalue weighted by Gasteiger charge is 2.56. The molecule has 18 heavy (non-hydrogen) atoms. The minimum absolute atomic E-state index is 0.359. The molecular formula is C13H17NO3S. The van der Waals surface area contributed by atoms with Crippen LogP contribution in [-0.2, 0) is 14.3 Å². The van der Waals surface area contributed by atoms with E-state index in [1.165, 1.54) is 12.5 Å². The zero-order chi connectivity index (χ0) is 13.0. The lowest BCUT2D eigenvalue weighted by atomic mass is 9.52. The van der Waals surface area contributed by atoms with Crippen molar-refractivity contribution < 1.29 is 12.6 Å². The van der Waals surface area contributed by atoms with Gasteiger partial charge < -0.3 is 0 Å². The van der Waals surface area contributed by atoms with Gasteiger partial charge in [-0.2, -0.15) is 13.7 Å². The van der Waals surface area contributed by atoms with Crippen molar-refractivity contribution in [2.75, 3.05) is 6.26 Å². The van der Waals surface area contributed by atoms with Crippen LogP contribution in [0.5, 0.6) is 0 Å². The third-order valence-corrected chi connectivity index (χ3v) is 5.26. The summed E-state index contributed by atoms with van der Waals surface area (Å²) in [5, 5.41) is 8.93. The summed E-state index contributed by atoms with van der Waals surface area (Å²) >= 11 is 0. The molecule has 4 fully saturated rings. The van der Waals surface area contributed by atoms with E-state index in [1.807, 2.05) is 0 Å². The molecule has 4 saturated carbocycles. The van der Waals surface area contributed by atoms with Gasteiger partial charge in [-0.3, -0.25) is 4.18 Å². The van der Waals surface area contributed by atoms with E-state index < -0.39 is 15.7 Å². The predicted molar refractivity (Wildman–Crippen MR) is 65.9 cm³/mol. The van der Waals surface area contributed by atoms with Crippen LogP contribution < -0.4 is 0 Å². The van der Waals surface area contributed by atoms with Crippen LogP contribution in [0.3, 0.4) is 0 Å². The van der Waals surface area contributed by atoms with E-state index in [2.05, 4.69) is 6.07 Å². The summed E-state index contributed by atoms with van der Waals surface area (Å²) in [7, 11) is -3.49. The zero-order valence-corrected chi connectivity index (χ0v) is 11.2. The van der Waals surface area contributed by atoms with Crippen LogP contribution >= 0.6 is 0 Å². The third kappa shape index (κ3) is 1.88. The lowest BCUT2D eigenvalue weighted by Crippen LogP contribution is -2.54. The molecule has 0 saturated heterocycles. The molecule has 0 N–H and O–H groups in total. The van der Waals surface area contributed by atoms with Crippen LogP contribution in [0.2, 0.25) is 0 Å². The van der Waals surface area contributed by atoms with Crippen LogP contribution in [0.4, 0.5) is 0 Å². The largest absolute Gasteiger partial charge is 0.265 e. The number of hydrogen-bond donors (Lipinski definition) is 0. The lowest BCUT2D eigenvalue weighted by molar-refractivity contribution is -0.0551. The Morgan fingerprint density at radius 3 is 2.44 bits per heavy atom. The van der Waals surface area contributed by atoms with E-state index in [1.54, 1.807) is 0 Å². The van der Waals surface area contributed by atoms with Gasteiger partial charge in [-0.15, -0.1) is 0 Å². The van der Waals surface area contributed by atoms with Gasteiger partial charge in [0.25, 0.3) is 10.1 Å². The second kappa shape index (κ2) is 3.82. The van der Waals surface area contributed by atoms with Gasteiger partial charge in [0.05, 0.1) is 12.3 Å². The molecule has 0 aromatic carbocycles. The fourth-order valence-electron chi connectivity index (χ4n) is 4.50. The van der Waals surface area contributed by atoms with Crippen molar-refractivity contribution >= 4 is 10.1 Å². The maximum absolute atomic E-state index is 11.5. The maximum atomic E-state index is 11.5. The Labute approximate surface area is 108 Å². The number of nitriles is 1. The summed E-state index contributed by atoms with van der Waals surface area (Å²) in [5.41, 5.74) is 0.237. The number of nitrogens with zero attached hydrogens (tertiary/aromatic N) is 1. The monoisotopic (exact) mass is 267 g/mol. The Balaban J connectivity index is 2.04. The molecule has 4 rings (SSSR count). The number of hydrogen-bond acceptors (Lipinski definition) is 4. The van der Waals surface area contributed by atoms with Crippen LogP contribution in [0.15, 0.2) is 11.6 Å². The Bertz CT molecular complexity index is 529. The quantitative estimate of drug-likeness (QED) is 0.567. The molecule has 0 aliphatic heterocycles. The van der Waals surface area contributed by atoms with Crippen molar-refractivity contribution in [3.63, 3.8) is 0 Å². The van der Waals surface area contributed by atoms with Gasteiger partial charge >= 0.3 is 0 Å². The highest BCUT2D eigenvalue weighted by Crippen LogP contribution is 2.60. The molecule has 2 unspecified atom stereocenters. The summed E-state index contributed by atoms with van der Waals surface area (Å²) < 4.78 is 28.5. The molecule has 4 atom stereocenters. The van der Waals surface area contributed by atoms with Gasteiger partial charge in [0, 0.05) is 6.08 Å². The van der Waals surface area contributed by atoms with Gasteiger partial charge in [-0.25, -0.2) is 0 Å². The first-order valence-electron chi connectivity index (χ1n) is 6.43. The molecule has 4 bridgehead atoms. The first kappa shape index (κ1) is 12.2. The molecule has 0 amide bonds. The van der Waals surface area contributed by atoms with E-state index in [9.17, 15) is 8.42 Å². The SMILES string of the molecule is CS(=O)(=O)OC12C[C@@H]3CC(C[C@@H](C3)C1)/C2=C\C#N. The summed E-state index contributed by atoms with van der Waals surface area (Å²) in [6.07, 6.45) is 7.56. The van der Waals surface area contributed by atoms with E-state index >= 15 is 0 Å². The first-order chi connectivity index (χ1) is 8.42. The molecule has 0 aromatic heterocycles. The summed E-state index contributed by atoms with van der Waals surface area (Å²) in [5.74, 6) is 1.50. The van der Waals surface area contributed by atoms with Crippen LogP contribution in [0.25, 0.3) is 0 Å². The fourth-order valence-corrected chi connectivity index (χ4v) is 5.31. The molecular weight excluding hydrogens is 250 g/mol. The minimum atomic E-state index is -3.49. The standard InChI is InChI=1S/C13H17NO3S/c1-18(15,16)17-13-7-9-4-10(8-13)6-11(5-9)12(13)2-3-14/h2,9-11H,4-8H2,1H3/b12-2+/t9-,10+,11?,13?. The van der Waals surface area contributed by atoms with Crippen LogP contribution in [0.1, 0.15) is 32.1 Å². The highest BCUT2D eigenvalue weighted by atomic mass is 32.2. The molecule has 0 aromatic rings. The average molecular weight is 267 g/mol. The number of rotatable bonds is 2. The molecule has 5 heteroatoms. The van der Waals surface area contributed by atoms with Crippen molar-refractivity contribution in [3.8, 4) is 6.07 Å². The Kier molecular flexibility index (Phi) is 2.58. The fraction of sp³-hybridized carbons (Fsp3) is 0.769. The van der Waals surface area contributed by atoms with E-state index in [-0.39, 0.29) is 0 Å². The smallest absolute Gasteiger partial charge is 0.259 e. The highest BCUT2D eigenvalue weighted by molar-refractivity contribution is 7.86. The van der Waals surface area contributed by atoms with Crippen molar-refractivity contribution in [2.24, 2.45) is 17.8 Å². The lowest BCUT2D eigenvalue weighted by Gasteiger charge is -2.56. The first-order valence-corrected chi connectivity index (χ1v) is 8.24. The van der Waals surface area contributed by atoms with Crippen molar-refractivity contribution in [3.05, 3.63) is 11.6 Å². The zero-order valence-electron chi connectivity index (χ0n) is 10.4. The second-order valence-corrected chi connectivity index (χ2v) is 7.63. The van der Waals surface area contributed by atoms with Gasteiger partial charge in [0.15, 0.2) is 0 Å². The predicted octanol–water partition coefficient (Wildman–Crippen LogP) is 1.99. The van der Waals surface area contributed by atoms with E-state index in [4.69, 9.17) is 9.44 Å². The van der Waals surface area contributed by atoms with Gasteiger partial charge in [-0.05, 0) is 55.4 Å². The van der Waals surface area contributed by atoms with Crippen LogP contribution in [0, 0.1) is 29.1 Å². The average Bonchev–Trinajstić information content (AvgIpc) is 2.19. The van der Waals surface area contributed by atoms with Crippen molar-refractivity contribution in [1.29, 1.82) is 5.26 Å². The molecule has 0 heterocycles. The van der Waals surface area contributed by atoms with E-state index in [0.29, 0.717) is 17.8 Å². The van der Waals surface area contributed by atoms with Gasteiger partial charge in [0.2, 0.25) is 0 Å². The third-order valence-electron chi connectivity index (χ3n) is 4.64. The Morgan fingerprint density at radius 1 is 1.33 bits per heavy atom. The summed E-state index contributed by atoms with van der Waals surface area (Å²) in [6, 6.07) is 2.07. The van der Waals surface area contributed by atoms with Gasteiger partial charge in [-0.1, -0.05) is 0 Å². The summed E-state index contributed by atoms with van der Waals surface area (Å²) in [4.78, 5) is 0. The Morgan fingerprint density at radius 2 is 1.94 bits per heavy atom. The maximum Gasteiger partial charge on any atom is 0.265 e. The van der Waals surface area contributed by atoms with Crippen LogP contribution in [-0.4, -0.2) is 20.3 Å². The molecule has 0 radical (unpaired) electrons. The molecule has 4 aliphatic rings. The second-order valence-electron chi connectivity index (χ2n) is 6.05. The van der Waals surface area contributed by atoms with Crippen molar-refractivity contribution in [1.82, 2.24) is 0 Å². The van der Waals surface area contributed by atoms with E-state index in [0.717, 1.165) is 37.5 Å². The molecule has 98 valence electrons. The summed E-state index contributed by atoms with van der Waals surface area (Å²) in [6.45, 7) is 0. The Hall–Kier alpha value is -0.860. The van der Waals surface area contributed by atoms with Crippen molar-refractivity contribution in [2.45, 2.75) is 37.7 Å². The molecule has 0 spiro atoms.